The van der Waals surface area contributed by atoms with Gasteiger partial charge in [0.1, 0.15) is 0 Å². The molecular formula is C11H21NO2S. The molecule has 1 saturated carbocycles. The van der Waals surface area contributed by atoms with Gasteiger partial charge in [-0.15, -0.1) is 6.58 Å². The molecule has 88 valence electrons. The van der Waals surface area contributed by atoms with E-state index in [1.54, 1.807) is 6.08 Å². The molecule has 0 aliphatic heterocycles. The molecule has 1 aliphatic rings. The molecule has 0 bridgehead atoms. The second-order valence-electron chi connectivity index (χ2n) is 4.66. The molecule has 0 radical (unpaired) electrons. The van der Waals surface area contributed by atoms with Crippen molar-refractivity contribution in [1.82, 2.24) is 0 Å². The maximum absolute atomic E-state index is 11.5. The maximum atomic E-state index is 11.5. The van der Waals surface area contributed by atoms with Crippen LogP contribution in [0.15, 0.2) is 12.7 Å². The molecule has 0 aromatic rings. The Morgan fingerprint density at radius 2 is 2.13 bits per heavy atom. The summed E-state index contributed by atoms with van der Waals surface area (Å²) in [6, 6.07) is 0. The van der Waals surface area contributed by atoms with Crippen molar-refractivity contribution in [1.29, 1.82) is 0 Å². The Labute approximate surface area is 92.8 Å². The van der Waals surface area contributed by atoms with E-state index in [9.17, 15) is 8.42 Å². The van der Waals surface area contributed by atoms with Crippen LogP contribution >= 0.6 is 0 Å². The van der Waals surface area contributed by atoms with Gasteiger partial charge in [0.2, 0.25) is 10.0 Å². The summed E-state index contributed by atoms with van der Waals surface area (Å²) >= 11 is 0. The Bertz CT molecular complexity index is 307. The van der Waals surface area contributed by atoms with Gasteiger partial charge in [-0.25, -0.2) is 13.6 Å². The van der Waals surface area contributed by atoms with Crippen LogP contribution in [-0.2, 0) is 10.0 Å². The van der Waals surface area contributed by atoms with Crippen LogP contribution < -0.4 is 5.14 Å². The van der Waals surface area contributed by atoms with Gasteiger partial charge in [0.05, 0.1) is 5.25 Å². The first-order chi connectivity index (χ1) is 6.95. The summed E-state index contributed by atoms with van der Waals surface area (Å²) in [5, 5.41) is 4.89. The minimum Gasteiger partial charge on any atom is -0.228 e. The predicted molar refractivity (Wildman–Crippen MR) is 62.8 cm³/mol. The Morgan fingerprint density at radius 3 is 2.47 bits per heavy atom. The molecule has 0 spiro atoms. The Kier molecular flexibility index (Phi) is 4.34. The first-order valence-corrected chi connectivity index (χ1v) is 7.18. The molecule has 1 rings (SSSR count). The highest BCUT2D eigenvalue weighted by molar-refractivity contribution is 7.89. The molecule has 0 heterocycles. The number of rotatable bonds is 6. The van der Waals surface area contributed by atoms with Crippen molar-refractivity contribution >= 4 is 10.0 Å². The average Bonchev–Trinajstić information content (AvgIpc) is 1.99. The van der Waals surface area contributed by atoms with Crippen molar-refractivity contribution in [2.75, 3.05) is 0 Å². The van der Waals surface area contributed by atoms with Crippen molar-refractivity contribution in [3.8, 4) is 0 Å². The highest BCUT2D eigenvalue weighted by Gasteiger charge is 2.32. The number of hydrogen-bond donors (Lipinski definition) is 1. The first-order valence-electron chi connectivity index (χ1n) is 5.57. The van der Waals surface area contributed by atoms with E-state index in [4.69, 9.17) is 5.14 Å². The van der Waals surface area contributed by atoms with Gasteiger partial charge in [-0.05, 0) is 24.7 Å². The van der Waals surface area contributed by atoms with E-state index in [1.165, 1.54) is 6.42 Å². The molecule has 0 aromatic carbocycles. The summed E-state index contributed by atoms with van der Waals surface area (Å²) in [4.78, 5) is 0. The number of hydrogen-bond acceptors (Lipinski definition) is 2. The Hall–Kier alpha value is -0.350. The molecule has 1 aliphatic carbocycles. The smallest absolute Gasteiger partial charge is 0.212 e. The molecule has 0 aromatic heterocycles. The molecule has 3 nitrogen and oxygen atoms in total. The minimum atomic E-state index is -3.41. The summed E-state index contributed by atoms with van der Waals surface area (Å²) in [6.45, 7) is 5.58. The number of sulfonamides is 1. The van der Waals surface area contributed by atoms with E-state index in [2.05, 4.69) is 6.58 Å². The quantitative estimate of drug-likeness (QED) is 0.711. The average molecular weight is 231 g/mol. The molecule has 2 atom stereocenters. The third-order valence-electron chi connectivity index (χ3n) is 3.39. The van der Waals surface area contributed by atoms with Crippen LogP contribution in [0, 0.1) is 11.8 Å². The summed E-state index contributed by atoms with van der Waals surface area (Å²) in [6.07, 6.45) is 6.77. The van der Waals surface area contributed by atoms with Gasteiger partial charge >= 0.3 is 0 Å². The van der Waals surface area contributed by atoms with Crippen LogP contribution in [-0.4, -0.2) is 13.7 Å². The molecule has 2 N–H and O–H groups in total. The summed E-state index contributed by atoms with van der Waals surface area (Å²) in [7, 11) is -3.41. The van der Waals surface area contributed by atoms with E-state index >= 15 is 0 Å². The standard InChI is InChI=1S/C11H21NO2S/c1-3-5-9(2)11(15(12,13)14)8-10-6-4-7-10/h3,9-11H,1,4-8H2,2H3,(H2,12,13,14)/t9?,11-/m0/s1. The number of allylic oxidation sites excluding steroid dienone is 1. The lowest BCUT2D eigenvalue weighted by Crippen LogP contribution is -2.36. The Balaban J connectivity index is 2.63. The third kappa shape index (κ3) is 3.61. The van der Waals surface area contributed by atoms with E-state index in [1.807, 2.05) is 6.92 Å². The molecule has 0 saturated heterocycles. The zero-order valence-corrected chi connectivity index (χ0v) is 10.2. The number of primary sulfonamides is 1. The second-order valence-corrected chi connectivity index (χ2v) is 6.45. The largest absolute Gasteiger partial charge is 0.228 e. The van der Waals surface area contributed by atoms with Crippen molar-refractivity contribution < 1.29 is 8.42 Å². The minimum absolute atomic E-state index is 0.0816. The fraction of sp³-hybridized carbons (Fsp3) is 0.818. The molecule has 1 unspecified atom stereocenters. The van der Waals surface area contributed by atoms with Crippen molar-refractivity contribution in [2.45, 2.75) is 44.3 Å². The van der Waals surface area contributed by atoms with Crippen molar-refractivity contribution in [2.24, 2.45) is 17.0 Å². The third-order valence-corrected chi connectivity index (χ3v) is 4.89. The second kappa shape index (κ2) is 5.12. The molecule has 1 fully saturated rings. The topological polar surface area (TPSA) is 60.2 Å². The van der Waals surface area contributed by atoms with Crippen molar-refractivity contribution in [3.05, 3.63) is 12.7 Å². The highest BCUT2D eigenvalue weighted by Crippen LogP contribution is 2.34. The van der Waals surface area contributed by atoms with Crippen LogP contribution in [0.1, 0.15) is 39.0 Å². The van der Waals surface area contributed by atoms with Gasteiger partial charge in [0, 0.05) is 0 Å². The maximum Gasteiger partial charge on any atom is 0.212 e. The number of nitrogens with two attached hydrogens (primary N) is 1. The van der Waals surface area contributed by atoms with Gasteiger partial charge < -0.3 is 0 Å². The van der Waals surface area contributed by atoms with Crippen LogP contribution in [0.3, 0.4) is 0 Å². The normalized spacial score (nSPS) is 21.7. The fourth-order valence-electron chi connectivity index (χ4n) is 2.16. The van der Waals surface area contributed by atoms with E-state index in [0.29, 0.717) is 12.3 Å². The van der Waals surface area contributed by atoms with Gasteiger partial charge in [0.15, 0.2) is 0 Å². The Morgan fingerprint density at radius 1 is 1.53 bits per heavy atom. The lowest BCUT2D eigenvalue weighted by atomic mass is 9.80. The van der Waals surface area contributed by atoms with Crippen LogP contribution in [0.25, 0.3) is 0 Å². The molecule has 4 heteroatoms. The van der Waals surface area contributed by atoms with Gasteiger partial charge in [0.25, 0.3) is 0 Å². The SMILES string of the molecule is C=CCC(C)[C@H](CC1CCC1)S(N)(=O)=O. The summed E-state index contributed by atoms with van der Waals surface area (Å²) < 4.78 is 22.9. The van der Waals surface area contributed by atoms with Gasteiger partial charge in [-0.1, -0.05) is 32.3 Å². The van der Waals surface area contributed by atoms with E-state index < -0.39 is 10.0 Å². The zero-order valence-electron chi connectivity index (χ0n) is 9.35. The van der Waals surface area contributed by atoms with Crippen molar-refractivity contribution in [3.63, 3.8) is 0 Å². The molecule has 0 amide bonds. The van der Waals surface area contributed by atoms with Crippen LogP contribution in [0.2, 0.25) is 0 Å². The summed E-state index contributed by atoms with van der Waals surface area (Å²) in [5.74, 6) is 0.652. The molecular weight excluding hydrogens is 210 g/mol. The van der Waals surface area contributed by atoms with Crippen LogP contribution in [0.5, 0.6) is 0 Å². The molecule has 15 heavy (non-hydrogen) atoms. The highest BCUT2D eigenvalue weighted by atomic mass is 32.2. The predicted octanol–water partition coefficient (Wildman–Crippen LogP) is 2.05. The monoisotopic (exact) mass is 231 g/mol. The lowest BCUT2D eigenvalue weighted by molar-refractivity contribution is 0.274. The zero-order chi connectivity index (χ0) is 11.5. The lowest BCUT2D eigenvalue weighted by Gasteiger charge is -2.31. The fourth-order valence-corrected chi connectivity index (χ4v) is 3.46. The first kappa shape index (κ1) is 12.7. The van der Waals surface area contributed by atoms with E-state index in [0.717, 1.165) is 19.3 Å². The van der Waals surface area contributed by atoms with Crippen LogP contribution in [0.4, 0.5) is 0 Å². The van der Waals surface area contributed by atoms with Gasteiger partial charge in [-0.2, -0.15) is 0 Å². The van der Waals surface area contributed by atoms with E-state index in [-0.39, 0.29) is 11.2 Å². The summed E-state index contributed by atoms with van der Waals surface area (Å²) in [5.41, 5.74) is 0. The van der Waals surface area contributed by atoms with Gasteiger partial charge in [-0.3, -0.25) is 0 Å².